The van der Waals surface area contributed by atoms with Crippen molar-refractivity contribution in [2.75, 3.05) is 13.6 Å². The van der Waals surface area contributed by atoms with E-state index in [-0.39, 0.29) is 16.2 Å². The summed E-state index contributed by atoms with van der Waals surface area (Å²) < 4.78 is 61.9. The SMILES string of the molecule is CN(CC(F)(F)C(F)(F)F)C(=O)Cc1cccc([N+](=O)[O-])c1. The van der Waals surface area contributed by atoms with Crippen LogP contribution in [0.15, 0.2) is 24.3 Å². The highest BCUT2D eigenvalue weighted by molar-refractivity contribution is 5.78. The average molecular weight is 326 g/mol. The first kappa shape index (κ1) is 17.8. The number of hydrogen-bond donors (Lipinski definition) is 0. The second-order valence-corrected chi connectivity index (χ2v) is 4.56. The number of benzene rings is 1. The fourth-order valence-corrected chi connectivity index (χ4v) is 1.57. The molecular weight excluding hydrogens is 315 g/mol. The fraction of sp³-hybridized carbons (Fsp3) is 0.417. The van der Waals surface area contributed by atoms with Gasteiger partial charge in [0.1, 0.15) is 0 Å². The number of hydrogen-bond acceptors (Lipinski definition) is 3. The van der Waals surface area contributed by atoms with Crippen LogP contribution < -0.4 is 0 Å². The summed E-state index contributed by atoms with van der Waals surface area (Å²) >= 11 is 0. The predicted octanol–water partition coefficient (Wildman–Crippen LogP) is 2.79. The Morgan fingerprint density at radius 3 is 2.36 bits per heavy atom. The van der Waals surface area contributed by atoms with Crippen molar-refractivity contribution in [2.45, 2.75) is 18.5 Å². The number of nitrogens with zero attached hydrogens (tertiary/aromatic N) is 2. The number of halogens is 5. The Morgan fingerprint density at radius 2 is 1.86 bits per heavy atom. The molecule has 0 saturated heterocycles. The van der Waals surface area contributed by atoms with Crippen molar-refractivity contribution in [1.82, 2.24) is 4.90 Å². The molecule has 1 rings (SSSR count). The van der Waals surface area contributed by atoms with Crippen LogP contribution in [0.2, 0.25) is 0 Å². The number of nitro groups is 1. The largest absolute Gasteiger partial charge is 0.455 e. The Bertz CT molecular complexity index is 574. The van der Waals surface area contributed by atoms with Crippen LogP contribution in [0.3, 0.4) is 0 Å². The fourth-order valence-electron chi connectivity index (χ4n) is 1.57. The maximum atomic E-state index is 12.8. The summed E-state index contributed by atoms with van der Waals surface area (Å²) in [4.78, 5) is 21.7. The lowest BCUT2D eigenvalue weighted by Crippen LogP contribution is -2.47. The lowest BCUT2D eigenvalue weighted by molar-refractivity contribution is -0.384. The minimum absolute atomic E-state index is 0.140. The van der Waals surface area contributed by atoms with Gasteiger partial charge in [-0.15, -0.1) is 0 Å². The number of alkyl halides is 5. The maximum Gasteiger partial charge on any atom is 0.455 e. The summed E-state index contributed by atoms with van der Waals surface area (Å²) in [6.07, 6.45) is -6.28. The zero-order chi connectivity index (χ0) is 17.1. The van der Waals surface area contributed by atoms with Crippen molar-refractivity contribution < 1.29 is 31.7 Å². The molecule has 1 aromatic carbocycles. The van der Waals surface area contributed by atoms with Gasteiger partial charge in [0.2, 0.25) is 5.91 Å². The van der Waals surface area contributed by atoms with Crippen LogP contribution >= 0.6 is 0 Å². The Balaban J connectivity index is 2.77. The standard InChI is InChI=1S/C12H11F5N2O3/c1-18(7-11(13,14)12(15,16)17)10(20)6-8-3-2-4-9(5-8)19(21)22/h2-5H,6-7H2,1H3. The number of amides is 1. The molecule has 0 bridgehead atoms. The molecule has 5 nitrogen and oxygen atoms in total. The van der Waals surface area contributed by atoms with Gasteiger partial charge in [-0.25, -0.2) is 0 Å². The number of likely N-dealkylation sites (N-methyl/N-ethyl adjacent to an activating group) is 1. The number of carbonyl (C=O) groups excluding carboxylic acids is 1. The van der Waals surface area contributed by atoms with E-state index in [1.165, 1.54) is 12.1 Å². The molecule has 122 valence electrons. The topological polar surface area (TPSA) is 63.5 Å². The second-order valence-electron chi connectivity index (χ2n) is 4.56. The van der Waals surface area contributed by atoms with Gasteiger partial charge in [-0.1, -0.05) is 12.1 Å². The number of non-ortho nitro benzene ring substituents is 1. The monoisotopic (exact) mass is 326 g/mol. The molecule has 22 heavy (non-hydrogen) atoms. The van der Waals surface area contributed by atoms with Gasteiger partial charge in [-0.3, -0.25) is 14.9 Å². The molecule has 0 saturated carbocycles. The van der Waals surface area contributed by atoms with E-state index in [4.69, 9.17) is 0 Å². The van der Waals surface area contributed by atoms with Crippen molar-refractivity contribution in [3.8, 4) is 0 Å². The third-order valence-electron chi connectivity index (χ3n) is 2.75. The first-order valence-corrected chi connectivity index (χ1v) is 5.86. The maximum absolute atomic E-state index is 12.8. The highest BCUT2D eigenvalue weighted by atomic mass is 19.4. The molecule has 1 aromatic rings. The first-order chi connectivity index (χ1) is 9.94. The molecule has 0 aliphatic rings. The molecule has 0 N–H and O–H groups in total. The lowest BCUT2D eigenvalue weighted by Gasteiger charge is -2.25. The van der Waals surface area contributed by atoms with Gasteiger partial charge >= 0.3 is 12.1 Å². The summed E-state index contributed by atoms with van der Waals surface area (Å²) in [5, 5.41) is 10.6. The highest BCUT2D eigenvalue weighted by Crippen LogP contribution is 2.35. The van der Waals surface area contributed by atoms with E-state index in [9.17, 15) is 36.9 Å². The molecule has 0 atom stereocenters. The van der Waals surface area contributed by atoms with E-state index < -0.39 is 35.9 Å². The van der Waals surface area contributed by atoms with Gasteiger partial charge in [0, 0.05) is 19.2 Å². The molecule has 0 aromatic heterocycles. The Kier molecular flexibility index (Phi) is 5.05. The van der Waals surface area contributed by atoms with Crippen LogP contribution in [-0.4, -0.2) is 41.4 Å². The first-order valence-electron chi connectivity index (χ1n) is 5.86. The minimum Gasteiger partial charge on any atom is -0.339 e. The Morgan fingerprint density at radius 1 is 1.27 bits per heavy atom. The summed E-state index contributed by atoms with van der Waals surface area (Å²) in [5.74, 6) is -6.04. The number of rotatable bonds is 5. The molecule has 0 aliphatic carbocycles. The van der Waals surface area contributed by atoms with Gasteiger partial charge in [-0.2, -0.15) is 22.0 Å². The van der Waals surface area contributed by atoms with Crippen molar-refractivity contribution >= 4 is 11.6 Å². The molecule has 0 heterocycles. The van der Waals surface area contributed by atoms with Crippen LogP contribution in [0, 0.1) is 10.1 Å². The molecule has 0 fully saturated rings. The Labute approximate surface area is 121 Å². The minimum atomic E-state index is -5.76. The van der Waals surface area contributed by atoms with Crippen LogP contribution in [0.25, 0.3) is 0 Å². The van der Waals surface area contributed by atoms with E-state index in [2.05, 4.69) is 0 Å². The van der Waals surface area contributed by atoms with E-state index >= 15 is 0 Å². The number of nitro benzene ring substituents is 1. The second kappa shape index (κ2) is 6.24. The van der Waals surface area contributed by atoms with Gasteiger partial charge in [0.15, 0.2) is 0 Å². The highest BCUT2D eigenvalue weighted by Gasteiger charge is 2.58. The zero-order valence-electron chi connectivity index (χ0n) is 11.2. The van der Waals surface area contributed by atoms with E-state index in [1.807, 2.05) is 0 Å². The summed E-state index contributed by atoms with van der Waals surface area (Å²) in [6, 6.07) is 4.83. The number of carbonyl (C=O) groups is 1. The summed E-state index contributed by atoms with van der Waals surface area (Å²) in [7, 11) is 0.805. The molecule has 1 amide bonds. The molecule has 0 spiro atoms. The normalized spacial score (nSPS) is 12.1. The van der Waals surface area contributed by atoms with E-state index in [0.717, 1.165) is 19.2 Å². The average Bonchev–Trinajstić information content (AvgIpc) is 2.37. The summed E-state index contributed by atoms with van der Waals surface area (Å²) in [6.45, 7) is -1.82. The van der Waals surface area contributed by atoms with E-state index in [0.29, 0.717) is 0 Å². The van der Waals surface area contributed by atoms with Crippen molar-refractivity contribution in [2.24, 2.45) is 0 Å². The molecule has 0 aliphatic heterocycles. The molecular formula is C12H11F5N2O3. The zero-order valence-corrected chi connectivity index (χ0v) is 11.2. The molecule has 0 unspecified atom stereocenters. The van der Waals surface area contributed by atoms with Crippen LogP contribution in [0.5, 0.6) is 0 Å². The van der Waals surface area contributed by atoms with E-state index in [1.54, 1.807) is 0 Å². The molecule has 0 radical (unpaired) electrons. The van der Waals surface area contributed by atoms with Crippen molar-refractivity contribution in [3.05, 3.63) is 39.9 Å². The van der Waals surface area contributed by atoms with Gasteiger partial charge in [0.05, 0.1) is 17.9 Å². The predicted molar refractivity (Wildman–Crippen MR) is 65.4 cm³/mol. The third-order valence-corrected chi connectivity index (χ3v) is 2.75. The van der Waals surface area contributed by atoms with Crippen LogP contribution in [-0.2, 0) is 11.2 Å². The quantitative estimate of drug-likeness (QED) is 0.475. The van der Waals surface area contributed by atoms with Crippen molar-refractivity contribution in [1.29, 1.82) is 0 Å². The molecule has 10 heteroatoms. The van der Waals surface area contributed by atoms with Gasteiger partial charge < -0.3 is 4.90 Å². The van der Waals surface area contributed by atoms with Crippen LogP contribution in [0.4, 0.5) is 27.6 Å². The van der Waals surface area contributed by atoms with Crippen LogP contribution in [0.1, 0.15) is 5.56 Å². The van der Waals surface area contributed by atoms with Gasteiger partial charge in [0.25, 0.3) is 5.69 Å². The summed E-state index contributed by atoms with van der Waals surface area (Å²) in [5.41, 5.74) is -0.171. The van der Waals surface area contributed by atoms with Gasteiger partial charge in [-0.05, 0) is 5.56 Å². The smallest absolute Gasteiger partial charge is 0.339 e. The van der Waals surface area contributed by atoms with Crippen molar-refractivity contribution in [3.63, 3.8) is 0 Å². The Hall–Kier alpha value is -2.26. The lowest BCUT2D eigenvalue weighted by atomic mass is 10.1. The third kappa shape index (κ3) is 4.37.